The average Bonchev–Trinajstić information content (AvgIpc) is 3.19. The Morgan fingerprint density at radius 3 is 2.76 bits per heavy atom. The van der Waals surface area contributed by atoms with E-state index < -0.39 is 0 Å². The number of benzene rings is 1. The number of anilines is 1. The van der Waals surface area contributed by atoms with Crippen molar-refractivity contribution >= 4 is 27.5 Å². The number of hydrogen-bond acceptors (Lipinski definition) is 3. The molecule has 1 saturated carbocycles. The first-order chi connectivity index (χ1) is 10.2. The minimum atomic E-state index is 0.129. The van der Waals surface area contributed by atoms with E-state index in [-0.39, 0.29) is 11.8 Å². The van der Waals surface area contributed by atoms with E-state index >= 15 is 0 Å². The van der Waals surface area contributed by atoms with Crippen LogP contribution in [0.15, 0.2) is 22.7 Å². The first kappa shape index (κ1) is 14.9. The summed E-state index contributed by atoms with van der Waals surface area (Å²) in [6.07, 6.45) is 4.65. The number of nitrogens with zero attached hydrogens (tertiary/aromatic N) is 1. The Bertz CT molecular complexity index is 511. The van der Waals surface area contributed by atoms with E-state index in [4.69, 9.17) is 4.74 Å². The molecule has 114 valence electrons. The van der Waals surface area contributed by atoms with Crippen molar-refractivity contribution in [1.82, 2.24) is 4.90 Å². The van der Waals surface area contributed by atoms with Gasteiger partial charge in [-0.3, -0.25) is 9.69 Å². The summed E-state index contributed by atoms with van der Waals surface area (Å²) in [5.74, 6) is 1.18. The number of nitrogens with one attached hydrogen (secondary N) is 1. The van der Waals surface area contributed by atoms with Gasteiger partial charge in [-0.15, -0.1) is 0 Å². The fourth-order valence-electron chi connectivity index (χ4n) is 2.58. The van der Waals surface area contributed by atoms with Crippen LogP contribution in [0.1, 0.15) is 25.7 Å². The van der Waals surface area contributed by atoms with Crippen LogP contribution in [0.25, 0.3) is 0 Å². The molecular formula is C16H21BrN2O2. The summed E-state index contributed by atoms with van der Waals surface area (Å²) in [5, 5.41) is 2.94. The number of hydrogen-bond donors (Lipinski definition) is 1. The highest BCUT2D eigenvalue weighted by Crippen LogP contribution is 2.32. The lowest BCUT2D eigenvalue weighted by molar-refractivity contribution is -0.117. The summed E-state index contributed by atoms with van der Waals surface area (Å²) in [6, 6.07) is 5.72. The largest absolute Gasteiger partial charge is 0.491 e. The van der Waals surface area contributed by atoms with Gasteiger partial charge in [0.25, 0.3) is 0 Å². The van der Waals surface area contributed by atoms with Crippen LogP contribution in [0, 0.1) is 5.92 Å². The van der Waals surface area contributed by atoms with Crippen LogP contribution in [-0.2, 0) is 4.79 Å². The average molecular weight is 353 g/mol. The van der Waals surface area contributed by atoms with E-state index in [9.17, 15) is 4.79 Å². The van der Waals surface area contributed by atoms with Crippen LogP contribution < -0.4 is 10.1 Å². The zero-order valence-electron chi connectivity index (χ0n) is 12.1. The maximum Gasteiger partial charge on any atom is 0.227 e. The molecule has 0 spiro atoms. The van der Waals surface area contributed by atoms with Crippen molar-refractivity contribution in [3.63, 3.8) is 0 Å². The molecular weight excluding hydrogens is 332 g/mol. The van der Waals surface area contributed by atoms with Gasteiger partial charge < -0.3 is 10.1 Å². The molecule has 1 aromatic rings. The molecule has 1 N–H and O–H groups in total. The molecule has 0 aromatic heterocycles. The van der Waals surface area contributed by atoms with E-state index in [1.54, 1.807) is 0 Å². The summed E-state index contributed by atoms with van der Waals surface area (Å²) < 4.78 is 6.70. The molecule has 4 nitrogen and oxygen atoms in total. The third-order valence-electron chi connectivity index (χ3n) is 4.01. The van der Waals surface area contributed by atoms with Crippen LogP contribution in [0.5, 0.6) is 5.75 Å². The molecule has 2 fully saturated rings. The number of halogens is 1. The normalized spacial score (nSPS) is 18.7. The number of amides is 1. The van der Waals surface area contributed by atoms with Crippen LogP contribution in [0.4, 0.5) is 5.69 Å². The van der Waals surface area contributed by atoms with E-state index in [0.717, 1.165) is 35.3 Å². The zero-order chi connectivity index (χ0) is 14.7. The Hall–Kier alpha value is -1.07. The van der Waals surface area contributed by atoms with Gasteiger partial charge in [-0.2, -0.15) is 0 Å². The first-order valence-corrected chi connectivity index (χ1v) is 8.47. The quantitative estimate of drug-likeness (QED) is 0.854. The molecule has 0 unspecified atom stereocenters. The second-order valence-corrected chi connectivity index (χ2v) is 6.66. The van der Waals surface area contributed by atoms with Crippen molar-refractivity contribution in [3.8, 4) is 5.75 Å². The number of carbonyl (C=O) groups is 1. The number of ether oxygens (including phenoxy) is 1. The van der Waals surface area contributed by atoms with Crippen LogP contribution in [-0.4, -0.2) is 37.0 Å². The van der Waals surface area contributed by atoms with E-state index in [0.29, 0.717) is 6.61 Å². The summed E-state index contributed by atoms with van der Waals surface area (Å²) in [7, 11) is 0. The molecule has 1 aromatic carbocycles. The number of carbonyl (C=O) groups excluding carboxylic acids is 1. The van der Waals surface area contributed by atoms with Gasteiger partial charge in [-0.1, -0.05) is 0 Å². The molecule has 21 heavy (non-hydrogen) atoms. The second-order valence-electron chi connectivity index (χ2n) is 5.81. The monoisotopic (exact) mass is 352 g/mol. The Morgan fingerprint density at radius 2 is 2.10 bits per heavy atom. The predicted molar refractivity (Wildman–Crippen MR) is 86.7 cm³/mol. The van der Waals surface area contributed by atoms with Gasteiger partial charge in [0, 0.05) is 18.2 Å². The summed E-state index contributed by atoms with van der Waals surface area (Å²) in [5.41, 5.74) is 0.825. The van der Waals surface area contributed by atoms with E-state index in [1.807, 2.05) is 18.2 Å². The van der Waals surface area contributed by atoms with Gasteiger partial charge in [-0.25, -0.2) is 0 Å². The van der Waals surface area contributed by atoms with Gasteiger partial charge in [-0.05, 0) is 72.9 Å². The second kappa shape index (κ2) is 6.79. The molecule has 2 aliphatic rings. The lowest BCUT2D eigenvalue weighted by atomic mass is 10.3. The highest BCUT2D eigenvalue weighted by Gasteiger charge is 2.29. The van der Waals surface area contributed by atoms with Gasteiger partial charge in [0.2, 0.25) is 5.91 Å². The molecule has 1 aliphatic carbocycles. The maximum atomic E-state index is 11.7. The van der Waals surface area contributed by atoms with Gasteiger partial charge in [0.05, 0.1) is 4.47 Å². The molecule has 1 heterocycles. The van der Waals surface area contributed by atoms with Gasteiger partial charge >= 0.3 is 0 Å². The standard InChI is InChI=1S/C16H21BrN2O2/c17-14-11-13(18-16(20)12-3-4-12)5-6-15(14)21-10-9-19-7-1-2-8-19/h5-6,11-12H,1-4,7-10H2,(H,18,20). The Morgan fingerprint density at radius 1 is 1.33 bits per heavy atom. The molecule has 0 atom stereocenters. The fourth-order valence-corrected chi connectivity index (χ4v) is 3.07. The van der Waals surface area contributed by atoms with E-state index in [1.165, 1.54) is 25.9 Å². The van der Waals surface area contributed by atoms with E-state index in [2.05, 4.69) is 26.1 Å². The van der Waals surface area contributed by atoms with Gasteiger partial charge in [0.15, 0.2) is 0 Å². The molecule has 5 heteroatoms. The van der Waals surface area contributed by atoms with Crippen molar-refractivity contribution in [3.05, 3.63) is 22.7 Å². The van der Waals surface area contributed by atoms with Crippen molar-refractivity contribution in [1.29, 1.82) is 0 Å². The third kappa shape index (κ3) is 4.20. The summed E-state index contributed by atoms with van der Waals surface area (Å²) in [6.45, 7) is 4.06. The minimum absolute atomic E-state index is 0.129. The smallest absolute Gasteiger partial charge is 0.227 e. The molecule has 1 aliphatic heterocycles. The Kier molecular flexibility index (Phi) is 4.80. The SMILES string of the molecule is O=C(Nc1ccc(OCCN2CCCC2)c(Br)c1)C1CC1. The van der Waals surface area contributed by atoms with Crippen LogP contribution in [0.2, 0.25) is 0 Å². The zero-order valence-corrected chi connectivity index (χ0v) is 13.7. The molecule has 1 amide bonds. The van der Waals surface area contributed by atoms with Crippen molar-refractivity contribution in [2.45, 2.75) is 25.7 Å². The lowest BCUT2D eigenvalue weighted by Gasteiger charge is -2.16. The maximum absolute atomic E-state index is 11.7. The fraction of sp³-hybridized carbons (Fsp3) is 0.562. The van der Waals surface area contributed by atoms with Gasteiger partial charge in [0.1, 0.15) is 12.4 Å². The Labute approximate surface area is 134 Å². The molecule has 0 radical (unpaired) electrons. The number of rotatable bonds is 6. The lowest BCUT2D eigenvalue weighted by Crippen LogP contribution is -2.25. The molecule has 1 saturated heterocycles. The Balaban J connectivity index is 1.49. The van der Waals surface area contributed by atoms with Crippen molar-refractivity contribution in [2.24, 2.45) is 5.92 Å². The van der Waals surface area contributed by atoms with Crippen LogP contribution in [0.3, 0.4) is 0 Å². The third-order valence-corrected chi connectivity index (χ3v) is 4.63. The topological polar surface area (TPSA) is 41.6 Å². The minimum Gasteiger partial charge on any atom is -0.491 e. The highest BCUT2D eigenvalue weighted by atomic mass is 79.9. The van der Waals surface area contributed by atoms with Crippen LogP contribution >= 0.6 is 15.9 Å². The summed E-state index contributed by atoms with van der Waals surface area (Å²) >= 11 is 3.51. The number of likely N-dealkylation sites (tertiary alicyclic amines) is 1. The molecule has 0 bridgehead atoms. The highest BCUT2D eigenvalue weighted by molar-refractivity contribution is 9.10. The first-order valence-electron chi connectivity index (χ1n) is 7.68. The predicted octanol–water partition coefficient (Wildman–Crippen LogP) is 3.27. The molecule has 3 rings (SSSR count). The summed E-state index contributed by atoms with van der Waals surface area (Å²) in [4.78, 5) is 14.2. The van der Waals surface area contributed by atoms with Crippen molar-refractivity contribution in [2.75, 3.05) is 31.6 Å². The van der Waals surface area contributed by atoms with Crippen molar-refractivity contribution < 1.29 is 9.53 Å².